The largest absolute Gasteiger partial charge is 0.337 e. The molecule has 6 nitrogen and oxygen atoms in total. The van der Waals surface area contributed by atoms with E-state index in [1.165, 1.54) is 4.90 Å². The fourth-order valence-electron chi connectivity index (χ4n) is 2.30. The molecule has 0 spiro atoms. The highest BCUT2D eigenvalue weighted by Crippen LogP contribution is 2.32. The molecule has 3 N–H and O–H groups in total. The van der Waals surface area contributed by atoms with Crippen LogP contribution >= 0.6 is 11.6 Å². The first-order valence-corrected chi connectivity index (χ1v) is 7.51. The minimum Gasteiger partial charge on any atom is -0.337 e. The van der Waals surface area contributed by atoms with E-state index in [2.05, 4.69) is 4.72 Å². The van der Waals surface area contributed by atoms with Crippen LogP contribution in [0.2, 0.25) is 5.02 Å². The Morgan fingerprint density at radius 3 is 2.47 bits per heavy atom. The molecule has 0 bridgehead atoms. The molecule has 0 radical (unpaired) electrons. The number of likely N-dealkylation sites (tertiary alicyclic amines) is 1. The lowest BCUT2D eigenvalue weighted by molar-refractivity contribution is -0.127. The highest BCUT2D eigenvalue weighted by molar-refractivity contribution is 7.87. The van der Waals surface area contributed by atoms with E-state index in [-0.39, 0.29) is 18.4 Å². The number of hydrogen-bond acceptors (Lipinski definition) is 3. The zero-order valence-corrected chi connectivity index (χ0v) is 11.8. The first-order valence-electron chi connectivity index (χ1n) is 5.59. The average Bonchev–Trinajstić information content (AvgIpc) is 2.54. The number of amides is 1. The molecule has 19 heavy (non-hydrogen) atoms. The Bertz CT molecular complexity index is 588. The van der Waals surface area contributed by atoms with Gasteiger partial charge in [0.25, 0.3) is 10.2 Å². The summed E-state index contributed by atoms with van der Waals surface area (Å²) in [5, 5.41) is 5.56. The summed E-state index contributed by atoms with van der Waals surface area (Å²) in [6.45, 7) is 0. The molecule has 1 aromatic carbocycles. The van der Waals surface area contributed by atoms with Gasteiger partial charge in [-0.05, 0) is 17.7 Å². The number of nitrogens with zero attached hydrogens (tertiary/aromatic N) is 1. The second-order valence-electron chi connectivity index (χ2n) is 4.47. The lowest BCUT2D eigenvalue weighted by Gasteiger charge is -2.25. The van der Waals surface area contributed by atoms with E-state index in [9.17, 15) is 13.2 Å². The number of nitrogens with two attached hydrogens (primary N) is 1. The quantitative estimate of drug-likeness (QED) is 0.847. The molecule has 1 saturated heterocycles. The van der Waals surface area contributed by atoms with E-state index in [1.54, 1.807) is 31.3 Å². The van der Waals surface area contributed by atoms with Crippen molar-refractivity contribution in [1.82, 2.24) is 9.62 Å². The topological polar surface area (TPSA) is 92.5 Å². The van der Waals surface area contributed by atoms with Crippen molar-refractivity contribution in [3.05, 3.63) is 34.9 Å². The van der Waals surface area contributed by atoms with Crippen LogP contribution in [0.15, 0.2) is 24.3 Å². The molecule has 0 aliphatic carbocycles. The predicted molar refractivity (Wildman–Crippen MR) is 71.6 cm³/mol. The second-order valence-corrected chi connectivity index (χ2v) is 6.24. The van der Waals surface area contributed by atoms with Gasteiger partial charge in [-0.15, -0.1) is 0 Å². The van der Waals surface area contributed by atoms with E-state index >= 15 is 0 Å². The number of rotatable bonds is 3. The van der Waals surface area contributed by atoms with Gasteiger partial charge < -0.3 is 4.90 Å². The summed E-state index contributed by atoms with van der Waals surface area (Å²) >= 11 is 5.81. The molecule has 1 fully saturated rings. The maximum absolute atomic E-state index is 11.7. The van der Waals surface area contributed by atoms with Crippen LogP contribution in [-0.2, 0) is 15.0 Å². The normalized spacial score (nSPS) is 23.9. The minimum atomic E-state index is -3.86. The zero-order valence-electron chi connectivity index (χ0n) is 10.2. The molecule has 1 aliphatic heterocycles. The molecule has 1 aromatic rings. The number of benzene rings is 1. The molecule has 1 amide bonds. The van der Waals surface area contributed by atoms with Crippen molar-refractivity contribution in [2.45, 2.75) is 18.5 Å². The van der Waals surface area contributed by atoms with Crippen LogP contribution < -0.4 is 9.86 Å². The van der Waals surface area contributed by atoms with E-state index < -0.39 is 16.3 Å². The van der Waals surface area contributed by atoms with Crippen molar-refractivity contribution in [2.24, 2.45) is 5.14 Å². The summed E-state index contributed by atoms with van der Waals surface area (Å²) in [6, 6.07) is 5.96. The van der Waals surface area contributed by atoms with E-state index in [4.69, 9.17) is 16.7 Å². The van der Waals surface area contributed by atoms with Crippen LogP contribution in [0.3, 0.4) is 0 Å². The maximum atomic E-state index is 11.7. The molecule has 2 rings (SSSR count). The Hall–Kier alpha value is -1.15. The smallest absolute Gasteiger partial charge is 0.274 e. The third-order valence-corrected chi connectivity index (χ3v) is 4.00. The number of likely N-dealkylation sites (N-methyl/N-ethyl adjacent to an activating group) is 1. The summed E-state index contributed by atoms with van der Waals surface area (Å²) in [5.41, 5.74) is 0.805. The van der Waals surface area contributed by atoms with Crippen molar-refractivity contribution in [2.75, 3.05) is 7.05 Å². The maximum Gasteiger partial charge on any atom is 0.274 e. The molecular formula is C11H14ClN3O3S. The van der Waals surface area contributed by atoms with E-state index in [0.29, 0.717) is 5.02 Å². The summed E-state index contributed by atoms with van der Waals surface area (Å²) < 4.78 is 24.6. The Morgan fingerprint density at radius 2 is 1.95 bits per heavy atom. The molecule has 104 valence electrons. The monoisotopic (exact) mass is 303 g/mol. The molecule has 2 atom stereocenters. The second kappa shape index (κ2) is 5.09. The number of nitrogens with one attached hydrogen (secondary N) is 1. The Kier molecular flexibility index (Phi) is 3.82. The Labute approximate surface area is 116 Å². The van der Waals surface area contributed by atoms with E-state index in [1.807, 2.05) is 0 Å². The van der Waals surface area contributed by atoms with Gasteiger partial charge in [-0.3, -0.25) is 4.79 Å². The third-order valence-electron chi connectivity index (χ3n) is 3.11. The van der Waals surface area contributed by atoms with Crippen molar-refractivity contribution in [3.63, 3.8) is 0 Å². The fourth-order valence-corrected chi connectivity index (χ4v) is 3.06. The highest BCUT2D eigenvalue weighted by Gasteiger charge is 2.39. The van der Waals surface area contributed by atoms with Gasteiger partial charge >= 0.3 is 0 Å². The summed E-state index contributed by atoms with van der Waals surface area (Å²) in [7, 11) is -2.23. The van der Waals surface area contributed by atoms with Crippen LogP contribution in [0.4, 0.5) is 0 Å². The van der Waals surface area contributed by atoms with Crippen LogP contribution in [-0.4, -0.2) is 32.3 Å². The molecule has 8 heteroatoms. The molecule has 1 heterocycles. The van der Waals surface area contributed by atoms with Gasteiger partial charge in [-0.25, -0.2) is 5.14 Å². The van der Waals surface area contributed by atoms with Crippen molar-refractivity contribution < 1.29 is 13.2 Å². The number of halogens is 1. The predicted octanol–water partition coefficient (Wildman–Crippen LogP) is 0.405. The van der Waals surface area contributed by atoms with Gasteiger partial charge in [0.1, 0.15) is 0 Å². The molecular weight excluding hydrogens is 290 g/mol. The van der Waals surface area contributed by atoms with Crippen LogP contribution in [0.1, 0.15) is 18.0 Å². The lowest BCUT2D eigenvalue weighted by Crippen LogP contribution is -2.42. The standard InChI is InChI=1S/C11H14ClN3O3S/c1-15-10(16)6-9(14-19(13,17)18)11(15)7-2-4-8(12)5-3-7/h2-5,9,11,14H,6H2,1H3,(H2,13,17,18). The average molecular weight is 304 g/mol. The fraction of sp³-hybridized carbons (Fsp3) is 0.364. The van der Waals surface area contributed by atoms with Gasteiger partial charge in [0, 0.05) is 18.5 Å². The van der Waals surface area contributed by atoms with Gasteiger partial charge in [0.15, 0.2) is 0 Å². The van der Waals surface area contributed by atoms with Gasteiger partial charge in [0.2, 0.25) is 5.91 Å². The summed E-state index contributed by atoms with van der Waals surface area (Å²) in [6.07, 6.45) is 0.0836. The summed E-state index contributed by atoms with van der Waals surface area (Å²) in [4.78, 5) is 13.3. The minimum absolute atomic E-state index is 0.0836. The SMILES string of the molecule is CN1C(=O)CC(NS(N)(=O)=O)C1c1ccc(Cl)cc1. The Morgan fingerprint density at radius 1 is 1.37 bits per heavy atom. The van der Waals surface area contributed by atoms with Gasteiger partial charge in [-0.1, -0.05) is 23.7 Å². The third kappa shape index (κ3) is 3.24. The molecule has 0 saturated carbocycles. The highest BCUT2D eigenvalue weighted by atomic mass is 35.5. The van der Waals surface area contributed by atoms with Crippen molar-refractivity contribution >= 4 is 27.7 Å². The van der Waals surface area contributed by atoms with Crippen LogP contribution in [0.25, 0.3) is 0 Å². The molecule has 0 aromatic heterocycles. The van der Waals surface area contributed by atoms with Crippen LogP contribution in [0.5, 0.6) is 0 Å². The number of carbonyl (C=O) groups is 1. The Balaban J connectivity index is 2.33. The van der Waals surface area contributed by atoms with Crippen LogP contribution in [0, 0.1) is 0 Å². The summed E-state index contributed by atoms with van der Waals surface area (Å²) in [5.74, 6) is -0.138. The first-order chi connectivity index (χ1) is 8.78. The number of hydrogen-bond donors (Lipinski definition) is 2. The lowest BCUT2D eigenvalue weighted by atomic mass is 10.0. The number of carbonyl (C=O) groups excluding carboxylic acids is 1. The zero-order chi connectivity index (χ0) is 14.2. The molecule has 2 unspecified atom stereocenters. The van der Waals surface area contributed by atoms with E-state index in [0.717, 1.165) is 5.56 Å². The van der Waals surface area contributed by atoms with Crippen molar-refractivity contribution in [3.8, 4) is 0 Å². The first kappa shape index (κ1) is 14.3. The van der Waals surface area contributed by atoms with Crippen molar-refractivity contribution in [1.29, 1.82) is 0 Å². The molecule has 1 aliphatic rings. The van der Waals surface area contributed by atoms with Gasteiger partial charge in [0.05, 0.1) is 12.1 Å². The van der Waals surface area contributed by atoms with Gasteiger partial charge in [-0.2, -0.15) is 13.1 Å².